The maximum Gasteiger partial charge on any atom is 0.272 e. The molecule has 5 nitrogen and oxygen atoms in total. The number of amides is 1. The van der Waals surface area contributed by atoms with Crippen molar-refractivity contribution in [3.63, 3.8) is 0 Å². The second-order valence-corrected chi connectivity index (χ2v) is 8.38. The fourth-order valence-electron chi connectivity index (χ4n) is 3.28. The second kappa shape index (κ2) is 8.31. The molecule has 0 fully saturated rings. The fourth-order valence-corrected chi connectivity index (χ4v) is 3.28. The normalized spacial score (nSPS) is 11.8. The van der Waals surface area contributed by atoms with Crippen LogP contribution in [0.1, 0.15) is 63.6 Å². The van der Waals surface area contributed by atoms with Gasteiger partial charge in [0.15, 0.2) is 5.65 Å². The first-order valence-electron chi connectivity index (χ1n) is 10.2. The highest BCUT2D eigenvalue weighted by Crippen LogP contribution is 2.26. The molecule has 29 heavy (non-hydrogen) atoms. The highest BCUT2D eigenvalue weighted by molar-refractivity contribution is 5.94. The molecule has 1 amide bonds. The molecule has 0 radical (unpaired) electrons. The van der Waals surface area contributed by atoms with Crippen LogP contribution < -0.4 is 0 Å². The Labute approximate surface area is 171 Å². The minimum atomic E-state index is -0.303. The zero-order valence-electron chi connectivity index (χ0n) is 17.9. The van der Waals surface area contributed by atoms with Gasteiger partial charge in [0.2, 0.25) is 0 Å². The molecule has 0 spiro atoms. The average molecular weight is 397 g/mol. The van der Waals surface area contributed by atoms with E-state index in [1.807, 2.05) is 11.0 Å². The lowest BCUT2D eigenvalue weighted by atomic mass is 9.93. The number of halogens is 1. The van der Waals surface area contributed by atoms with Crippen LogP contribution in [0.15, 0.2) is 36.4 Å². The van der Waals surface area contributed by atoms with Gasteiger partial charge in [-0.05, 0) is 43.2 Å². The van der Waals surface area contributed by atoms with Gasteiger partial charge in [-0.15, -0.1) is 0 Å². The molecule has 3 rings (SSSR count). The van der Waals surface area contributed by atoms with Gasteiger partial charge in [0, 0.05) is 30.1 Å². The summed E-state index contributed by atoms with van der Waals surface area (Å²) < 4.78 is 15.0. The highest BCUT2D eigenvalue weighted by Gasteiger charge is 2.24. The van der Waals surface area contributed by atoms with Crippen LogP contribution in [-0.4, -0.2) is 38.5 Å². The summed E-state index contributed by atoms with van der Waals surface area (Å²) in [6.07, 6.45) is 1.77. The van der Waals surface area contributed by atoms with Crippen molar-refractivity contribution in [3.05, 3.63) is 53.6 Å². The van der Waals surface area contributed by atoms with Gasteiger partial charge in [-0.1, -0.05) is 34.6 Å². The molecule has 3 aromatic rings. The Kier molecular flexibility index (Phi) is 6.01. The van der Waals surface area contributed by atoms with Gasteiger partial charge in [0.1, 0.15) is 11.5 Å². The maximum absolute atomic E-state index is 13.4. The molecule has 1 aromatic carbocycles. The van der Waals surface area contributed by atoms with Crippen LogP contribution in [0.2, 0.25) is 0 Å². The van der Waals surface area contributed by atoms with E-state index < -0.39 is 0 Å². The van der Waals surface area contributed by atoms with E-state index in [4.69, 9.17) is 10.1 Å². The summed E-state index contributed by atoms with van der Waals surface area (Å²) in [6, 6.07) is 9.85. The number of carbonyl (C=O) groups is 1. The maximum atomic E-state index is 13.4. The van der Waals surface area contributed by atoms with Crippen molar-refractivity contribution < 1.29 is 9.18 Å². The number of hydrogen-bond acceptors (Lipinski definition) is 3. The summed E-state index contributed by atoms with van der Waals surface area (Å²) in [5.41, 5.74) is 3.19. The summed E-state index contributed by atoms with van der Waals surface area (Å²) in [7, 11) is 0. The molecule has 154 valence electrons. The monoisotopic (exact) mass is 396 g/mol. The lowest BCUT2D eigenvalue weighted by molar-refractivity contribution is 0.0746. The quantitative estimate of drug-likeness (QED) is 0.583. The van der Waals surface area contributed by atoms with Crippen molar-refractivity contribution >= 4 is 11.6 Å². The van der Waals surface area contributed by atoms with Gasteiger partial charge < -0.3 is 4.90 Å². The standard InChI is InChI=1S/C23H29FN4O/c1-6-12-27(13-7-2)22(29)19-14-18(16-8-10-17(24)11-9-16)25-21-15-20(23(3,4)5)26-28(19)21/h8-11,14-15H,6-7,12-13H2,1-5H3. The van der Waals surface area contributed by atoms with E-state index in [-0.39, 0.29) is 17.1 Å². The Morgan fingerprint density at radius 1 is 1.07 bits per heavy atom. The van der Waals surface area contributed by atoms with Crippen LogP contribution in [0.25, 0.3) is 16.9 Å². The molecule has 6 heteroatoms. The zero-order chi connectivity index (χ0) is 21.2. The van der Waals surface area contributed by atoms with Gasteiger partial charge in [0.25, 0.3) is 5.91 Å². The molecule has 2 aromatic heterocycles. The Hall–Kier alpha value is -2.76. The molecule has 0 aliphatic rings. The van der Waals surface area contributed by atoms with Crippen LogP contribution in [-0.2, 0) is 5.41 Å². The van der Waals surface area contributed by atoms with Crippen LogP contribution >= 0.6 is 0 Å². The number of rotatable bonds is 6. The molecule has 0 N–H and O–H groups in total. The van der Waals surface area contributed by atoms with Crippen molar-refractivity contribution in [2.75, 3.05) is 13.1 Å². The van der Waals surface area contributed by atoms with E-state index in [0.717, 1.165) is 24.1 Å². The predicted molar refractivity (Wildman–Crippen MR) is 114 cm³/mol. The van der Waals surface area contributed by atoms with E-state index in [1.54, 1.807) is 22.7 Å². The second-order valence-electron chi connectivity index (χ2n) is 8.38. The number of benzene rings is 1. The van der Waals surface area contributed by atoms with Gasteiger partial charge in [-0.3, -0.25) is 4.79 Å². The Morgan fingerprint density at radius 3 is 2.24 bits per heavy atom. The van der Waals surface area contributed by atoms with Crippen LogP contribution in [0.4, 0.5) is 4.39 Å². The molecule has 0 saturated heterocycles. The molecular formula is C23H29FN4O. The lowest BCUT2D eigenvalue weighted by Crippen LogP contribution is -2.34. The Morgan fingerprint density at radius 2 is 1.69 bits per heavy atom. The minimum absolute atomic E-state index is 0.0620. The third kappa shape index (κ3) is 4.47. The predicted octanol–water partition coefficient (Wildman–Crippen LogP) is 5.10. The van der Waals surface area contributed by atoms with Crippen molar-refractivity contribution in [3.8, 4) is 11.3 Å². The third-order valence-electron chi connectivity index (χ3n) is 4.83. The van der Waals surface area contributed by atoms with E-state index in [0.29, 0.717) is 30.1 Å². The smallest absolute Gasteiger partial charge is 0.272 e. The Balaban J connectivity index is 2.20. The molecule has 0 unspecified atom stereocenters. The van der Waals surface area contributed by atoms with E-state index >= 15 is 0 Å². The zero-order valence-corrected chi connectivity index (χ0v) is 17.9. The molecule has 0 aliphatic heterocycles. The van der Waals surface area contributed by atoms with Gasteiger partial charge in [-0.25, -0.2) is 13.9 Å². The number of nitrogens with zero attached hydrogens (tertiary/aromatic N) is 4. The van der Waals surface area contributed by atoms with Crippen molar-refractivity contribution in [2.24, 2.45) is 0 Å². The largest absolute Gasteiger partial charge is 0.337 e. The number of hydrogen-bond donors (Lipinski definition) is 0. The first-order valence-corrected chi connectivity index (χ1v) is 10.2. The molecule has 0 saturated carbocycles. The SMILES string of the molecule is CCCN(CCC)C(=O)c1cc(-c2ccc(F)cc2)nc2cc(C(C)(C)C)nn12. The van der Waals surface area contributed by atoms with Gasteiger partial charge >= 0.3 is 0 Å². The molecule has 0 bridgehead atoms. The highest BCUT2D eigenvalue weighted by atomic mass is 19.1. The minimum Gasteiger partial charge on any atom is -0.337 e. The summed E-state index contributed by atoms with van der Waals surface area (Å²) in [4.78, 5) is 20.0. The van der Waals surface area contributed by atoms with E-state index in [2.05, 4.69) is 34.6 Å². The number of fused-ring (bicyclic) bond motifs is 1. The summed E-state index contributed by atoms with van der Waals surface area (Å²) in [5.74, 6) is -0.365. The van der Waals surface area contributed by atoms with E-state index in [1.165, 1.54) is 12.1 Å². The average Bonchev–Trinajstić information content (AvgIpc) is 3.12. The topological polar surface area (TPSA) is 50.5 Å². The molecule has 0 atom stereocenters. The summed E-state index contributed by atoms with van der Waals surface area (Å²) in [6.45, 7) is 11.7. The van der Waals surface area contributed by atoms with Crippen LogP contribution in [0.3, 0.4) is 0 Å². The lowest BCUT2D eigenvalue weighted by Gasteiger charge is -2.22. The number of aromatic nitrogens is 3. The van der Waals surface area contributed by atoms with Gasteiger partial charge in [0.05, 0.1) is 11.4 Å². The van der Waals surface area contributed by atoms with Crippen molar-refractivity contribution in [1.29, 1.82) is 0 Å². The Bertz CT molecular complexity index is 996. The summed E-state index contributed by atoms with van der Waals surface area (Å²) in [5, 5.41) is 4.70. The first-order chi connectivity index (χ1) is 13.7. The van der Waals surface area contributed by atoms with Crippen molar-refractivity contribution in [2.45, 2.75) is 52.9 Å². The van der Waals surface area contributed by atoms with Crippen LogP contribution in [0, 0.1) is 5.82 Å². The van der Waals surface area contributed by atoms with Crippen molar-refractivity contribution in [1.82, 2.24) is 19.5 Å². The van der Waals surface area contributed by atoms with Crippen LogP contribution in [0.5, 0.6) is 0 Å². The number of carbonyl (C=O) groups excluding carboxylic acids is 1. The molecule has 2 heterocycles. The van der Waals surface area contributed by atoms with E-state index in [9.17, 15) is 9.18 Å². The fraction of sp³-hybridized carbons (Fsp3) is 0.435. The summed E-state index contributed by atoms with van der Waals surface area (Å²) >= 11 is 0. The molecule has 0 aliphatic carbocycles. The molecular weight excluding hydrogens is 367 g/mol. The third-order valence-corrected chi connectivity index (χ3v) is 4.83. The van der Waals surface area contributed by atoms with Gasteiger partial charge in [-0.2, -0.15) is 5.10 Å². The first kappa shape index (κ1) is 21.0.